The molecule has 1 N–H and O–H groups in total. The Hall–Kier alpha value is -1.87. The van der Waals surface area contributed by atoms with Crippen LogP contribution in [0.4, 0.5) is 0 Å². The normalized spacial score (nSPS) is 12.1. The summed E-state index contributed by atoms with van der Waals surface area (Å²) < 4.78 is 5.88. The lowest BCUT2D eigenvalue weighted by atomic mass is 10.1. The third-order valence-corrected chi connectivity index (χ3v) is 2.94. The van der Waals surface area contributed by atoms with Crippen LogP contribution in [0.5, 0.6) is 5.75 Å². The van der Waals surface area contributed by atoms with Gasteiger partial charge in [0.2, 0.25) is 0 Å². The molecule has 0 saturated carbocycles. The minimum absolute atomic E-state index is 0.0302. The Kier molecular flexibility index (Phi) is 4.93. The highest BCUT2D eigenvalue weighted by Crippen LogP contribution is 2.20. The summed E-state index contributed by atoms with van der Waals surface area (Å²) in [6.07, 6.45) is 1.81. The second kappa shape index (κ2) is 6.90. The van der Waals surface area contributed by atoms with Crippen LogP contribution in [0.3, 0.4) is 0 Å². The Morgan fingerprint density at radius 3 is 2.58 bits per heavy atom. The number of ether oxygens (including phenoxy) is 1. The smallest absolute Gasteiger partial charge is 0.138 e. The number of nitrogens with one attached hydrogen (secondary N) is 1. The molecule has 0 aliphatic rings. The Labute approximate surface area is 114 Å². The summed E-state index contributed by atoms with van der Waals surface area (Å²) in [4.78, 5) is 4.38. The number of pyridine rings is 1. The van der Waals surface area contributed by atoms with E-state index >= 15 is 0 Å². The van der Waals surface area contributed by atoms with Crippen molar-refractivity contribution in [3.63, 3.8) is 0 Å². The molecule has 1 aromatic carbocycles. The molecule has 0 fully saturated rings. The highest BCUT2D eigenvalue weighted by atomic mass is 16.5. The molecular weight excluding hydrogens is 236 g/mol. The average molecular weight is 256 g/mol. The first-order chi connectivity index (χ1) is 9.29. The van der Waals surface area contributed by atoms with E-state index in [-0.39, 0.29) is 6.10 Å². The van der Waals surface area contributed by atoms with Gasteiger partial charge in [-0.1, -0.05) is 37.3 Å². The molecule has 0 aliphatic heterocycles. The van der Waals surface area contributed by atoms with E-state index in [2.05, 4.69) is 29.4 Å². The molecule has 0 spiro atoms. The van der Waals surface area contributed by atoms with E-state index < -0.39 is 0 Å². The van der Waals surface area contributed by atoms with E-state index in [0.29, 0.717) is 0 Å². The monoisotopic (exact) mass is 256 g/mol. The van der Waals surface area contributed by atoms with E-state index in [4.69, 9.17) is 4.74 Å². The van der Waals surface area contributed by atoms with Crippen LogP contribution in [0.25, 0.3) is 0 Å². The van der Waals surface area contributed by atoms with Gasteiger partial charge in [0.15, 0.2) is 0 Å². The van der Waals surface area contributed by atoms with Crippen molar-refractivity contribution in [2.45, 2.75) is 26.5 Å². The number of hydrogen-bond acceptors (Lipinski definition) is 3. The maximum Gasteiger partial charge on any atom is 0.138 e. The number of rotatable bonds is 6. The molecule has 1 atom stereocenters. The largest absolute Gasteiger partial charge is 0.484 e. The van der Waals surface area contributed by atoms with E-state index in [0.717, 1.165) is 24.5 Å². The third kappa shape index (κ3) is 4.07. The van der Waals surface area contributed by atoms with Crippen LogP contribution in [0.1, 0.15) is 31.2 Å². The van der Waals surface area contributed by atoms with Gasteiger partial charge in [-0.3, -0.25) is 4.98 Å². The molecule has 0 bridgehead atoms. The second-order valence-electron chi connectivity index (χ2n) is 4.44. The zero-order chi connectivity index (χ0) is 13.5. The molecule has 0 saturated heterocycles. The van der Waals surface area contributed by atoms with Crippen LogP contribution in [-0.2, 0) is 6.54 Å². The number of nitrogens with zero attached hydrogens (tertiary/aromatic N) is 1. The SMILES string of the molecule is CCNCc1ccc(OC(C)c2ccccc2)cn1. The summed E-state index contributed by atoms with van der Waals surface area (Å²) in [6.45, 7) is 5.87. The molecule has 19 heavy (non-hydrogen) atoms. The number of benzene rings is 1. The predicted octanol–water partition coefficient (Wildman–Crippen LogP) is 3.33. The van der Waals surface area contributed by atoms with Crippen molar-refractivity contribution in [1.82, 2.24) is 10.3 Å². The van der Waals surface area contributed by atoms with Crippen molar-refractivity contribution in [3.8, 4) is 5.75 Å². The first-order valence-electron chi connectivity index (χ1n) is 6.67. The van der Waals surface area contributed by atoms with Crippen LogP contribution in [-0.4, -0.2) is 11.5 Å². The summed E-state index contributed by atoms with van der Waals surface area (Å²) >= 11 is 0. The van der Waals surface area contributed by atoms with Gasteiger partial charge in [-0.05, 0) is 31.2 Å². The minimum Gasteiger partial charge on any atom is -0.484 e. The molecule has 3 heteroatoms. The topological polar surface area (TPSA) is 34.1 Å². The Balaban J connectivity index is 1.96. The van der Waals surface area contributed by atoms with E-state index in [1.54, 1.807) is 6.20 Å². The van der Waals surface area contributed by atoms with Crippen molar-refractivity contribution in [2.75, 3.05) is 6.54 Å². The van der Waals surface area contributed by atoms with Gasteiger partial charge in [-0.15, -0.1) is 0 Å². The van der Waals surface area contributed by atoms with E-state index in [1.165, 1.54) is 5.56 Å². The number of hydrogen-bond donors (Lipinski definition) is 1. The summed E-state index contributed by atoms with van der Waals surface area (Å²) in [5, 5.41) is 3.25. The number of aromatic nitrogens is 1. The van der Waals surface area contributed by atoms with Gasteiger partial charge >= 0.3 is 0 Å². The maximum absolute atomic E-state index is 5.88. The van der Waals surface area contributed by atoms with Crippen LogP contribution < -0.4 is 10.1 Å². The molecule has 1 aromatic heterocycles. The molecule has 2 rings (SSSR count). The molecule has 2 aromatic rings. The molecule has 100 valence electrons. The minimum atomic E-state index is 0.0302. The van der Waals surface area contributed by atoms with Crippen LogP contribution in [0.2, 0.25) is 0 Å². The van der Waals surface area contributed by atoms with E-state index in [9.17, 15) is 0 Å². The summed E-state index contributed by atoms with van der Waals surface area (Å²) in [7, 11) is 0. The van der Waals surface area contributed by atoms with Crippen molar-refractivity contribution >= 4 is 0 Å². The molecular formula is C16H20N2O. The molecule has 0 amide bonds. The average Bonchev–Trinajstić information content (AvgIpc) is 2.47. The van der Waals surface area contributed by atoms with Gasteiger partial charge < -0.3 is 10.1 Å². The standard InChI is InChI=1S/C16H20N2O/c1-3-17-11-15-9-10-16(12-18-15)19-13(2)14-7-5-4-6-8-14/h4-10,12-13,17H,3,11H2,1-2H3. The molecule has 0 radical (unpaired) electrons. The molecule has 1 unspecified atom stereocenters. The summed E-state index contributed by atoms with van der Waals surface area (Å²) in [6, 6.07) is 14.2. The van der Waals surface area contributed by atoms with Crippen LogP contribution in [0.15, 0.2) is 48.7 Å². The van der Waals surface area contributed by atoms with E-state index in [1.807, 2.05) is 37.3 Å². The fourth-order valence-electron chi connectivity index (χ4n) is 1.83. The van der Waals surface area contributed by atoms with Crippen LogP contribution >= 0.6 is 0 Å². The van der Waals surface area contributed by atoms with Crippen molar-refractivity contribution in [1.29, 1.82) is 0 Å². The van der Waals surface area contributed by atoms with Crippen molar-refractivity contribution < 1.29 is 4.74 Å². The van der Waals surface area contributed by atoms with Gasteiger partial charge in [-0.25, -0.2) is 0 Å². The zero-order valence-corrected chi connectivity index (χ0v) is 11.5. The summed E-state index contributed by atoms with van der Waals surface area (Å²) in [5.74, 6) is 0.802. The molecule has 0 aliphatic carbocycles. The first-order valence-corrected chi connectivity index (χ1v) is 6.67. The lowest BCUT2D eigenvalue weighted by Crippen LogP contribution is -2.12. The zero-order valence-electron chi connectivity index (χ0n) is 11.5. The first kappa shape index (κ1) is 13.6. The second-order valence-corrected chi connectivity index (χ2v) is 4.44. The van der Waals surface area contributed by atoms with Gasteiger partial charge in [0, 0.05) is 6.54 Å². The van der Waals surface area contributed by atoms with Crippen LogP contribution in [0, 0.1) is 0 Å². The van der Waals surface area contributed by atoms with Gasteiger partial charge in [0.25, 0.3) is 0 Å². The van der Waals surface area contributed by atoms with Crippen molar-refractivity contribution in [3.05, 3.63) is 59.9 Å². The Morgan fingerprint density at radius 1 is 1.16 bits per heavy atom. The predicted molar refractivity (Wildman–Crippen MR) is 77.1 cm³/mol. The van der Waals surface area contributed by atoms with Crippen molar-refractivity contribution in [2.24, 2.45) is 0 Å². The lowest BCUT2D eigenvalue weighted by molar-refractivity contribution is 0.226. The van der Waals surface area contributed by atoms with Gasteiger partial charge in [-0.2, -0.15) is 0 Å². The highest BCUT2D eigenvalue weighted by Gasteiger charge is 2.06. The Morgan fingerprint density at radius 2 is 1.95 bits per heavy atom. The lowest BCUT2D eigenvalue weighted by Gasteiger charge is -2.15. The fraction of sp³-hybridized carbons (Fsp3) is 0.312. The quantitative estimate of drug-likeness (QED) is 0.860. The maximum atomic E-state index is 5.88. The summed E-state index contributed by atoms with van der Waals surface area (Å²) in [5.41, 5.74) is 2.20. The highest BCUT2D eigenvalue weighted by molar-refractivity contribution is 5.23. The Bertz CT molecular complexity index is 482. The fourth-order valence-corrected chi connectivity index (χ4v) is 1.83. The third-order valence-electron chi connectivity index (χ3n) is 2.94. The van der Waals surface area contributed by atoms with Gasteiger partial charge in [0.1, 0.15) is 11.9 Å². The van der Waals surface area contributed by atoms with Gasteiger partial charge in [0.05, 0.1) is 11.9 Å². The molecule has 1 heterocycles. The molecule has 3 nitrogen and oxygen atoms in total.